The molecule has 4 rings (SSSR count). The van der Waals surface area contributed by atoms with Gasteiger partial charge in [-0.2, -0.15) is 0 Å². The average molecular weight is 539 g/mol. The standard InChI is InChI=1S/C27H23P2.2ClH.Ni/c1-2-27(28(23-15-7-3-8-16-23)24-17-9-4-10-18-24)29(25-19-11-5-12-20-25)26-21-13-6-14-22-26;;;/h1-22,27H;2*1H;/q-1;;;+3/p-2. The number of hydrogen-bond acceptors (Lipinski definition) is 0. The van der Waals surface area contributed by atoms with Crippen LogP contribution in [0.1, 0.15) is 0 Å². The summed E-state index contributed by atoms with van der Waals surface area (Å²) in [6.07, 6.45) is 1.96. The molecule has 0 amide bonds. The van der Waals surface area contributed by atoms with Crippen molar-refractivity contribution in [3.05, 3.63) is 134 Å². The third kappa shape index (κ3) is 6.78. The fraction of sp³-hybridized carbons (Fsp3) is 0.0370. The number of halogens is 2. The van der Waals surface area contributed by atoms with Crippen molar-refractivity contribution in [3.63, 3.8) is 0 Å². The van der Waals surface area contributed by atoms with Crippen molar-refractivity contribution in [2.75, 3.05) is 0 Å². The van der Waals surface area contributed by atoms with Gasteiger partial charge < -0.3 is 6.58 Å². The second-order valence-electron chi connectivity index (χ2n) is 6.73. The molecule has 5 heteroatoms. The summed E-state index contributed by atoms with van der Waals surface area (Å²) in [5.74, 6) is 0. The first-order valence-corrected chi connectivity index (χ1v) is 15.5. The van der Waals surface area contributed by atoms with Crippen molar-refractivity contribution in [1.29, 1.82) is 0 Å². The first-order chi connectivity index (χ1) is 15.8. The Balaban J connectivity index is 0.000000913. The van der Waals surface area contributed by atoms with E-state index in [0.29, 0.717) is 12.7 Å². The Morgan fingerprint density at radius 3 is 0.938 bits per heavy atom. The average Bonchev–Trinajstić information content (AvgIpc) is 2.87. The van der Waals surface area contributed by atoms with E-state index in [1.165, 1.54) is 21.2 Å². The maximum absolute atomic E-state index is 6.43. The molecule has 0 saturated carbocycles. The summed E-state index contributed by atoms with van der Waals surface area (Å²) in [6.45, 7) is 6.43. The normalized spacial score (nSPS) is 10.8. The van der Waals surface area contributed by atoms with Crippen molar-refractivity contribution in [2.24, 2.45) is 0 Å². The van der Waals surface area contributed by atoms with Gasteiger partial charge in [-0.25, -0.2) is 0 Å². The molecule has 0 radical (unpaired) electrons. The van der Waals surface area contributed by atoms with Crippen molar-refractivity contribution in [2.45, 2.75) is 5.40 Å². The Labute approximate surface area is 208 Å². The maximum atomic E-state index is 6.43. The van der Waals surface area contributed by atoms with E-state index < -0.39 is 15.8 Å². The van der Waals surface area contributed by atoms with E-state index in [1.807, 2.05) is 6.08 Å². The summed E-state index contributed by atoms with van der Waals surface area (Å²) in [4.78, 5) is 0. The molecular weight excluding hydrogens is 516 g/mol. The van der Waals surface area contributed by atoms with Crippen LogP contribution in [0.4, 0.5) is 0 Å². The van der Waals surface area contributed by atoms with Gasteiger partial charge >= 0.3 is 33.0 Å². The van der Waals surface area contributed by atoms with Crippen LogP contribution in [0, 0.1) is 6.58 Å². The van der Waals surface area contributed by atoms with Crippen LogP contribution >= 0.6 is 36.2 Å². The van der Waals surface area contributed by atoms with Crippen LogP contribution in [0.25, 0.3) is 0 Å². The number of allylic oxidation sites excluding steroid dienone is 1. The van der Waals surface area contributed by atoms with E-state index in [4.69, 9.17) is 27.0 Å². The Bertz CT molecular complexity index is 886. The van der Waals surface area contributed by atoms with E-state index in [2.05, 4.69) is 121 Å². The van der Waals surface area contributed by atoms with Crippen molar-refractivity contribution >= 4 is 57.4 Å². The second-order valence-corrected chi connectivity index (χ2v) is 13.4. The summed E-state index contributed by atoms with van der Waals surface area (Å²) < 4.78 is 0. The summed E-state index contributed by atoms with van der Waals surface area (Å²) in [5.41, 5.74) is 0. The summed E-state index contributed by atoms with van der Waals surface area (Å²) >= 11 is 0.569. The zero-order valence-corrected chi connectivity index (χ0v) is 21.5. The Morgan fingerprint density at radius 2 is 0.750 bits per heavy atom. The van der Waals surface area contributed by atoms with Gasteiger partial charge in [-0.1, -0.05) is 121 Å². The molecule has 0 aliphatic heterocycles. The van der Waals surface area contributed by atoms with Crippen LogP contribution in [0.15, 0.2) is 127 Å². The fourth-order valence-corrected chi connectivity index (χ4v) is 10.2. The molecule has 0 N–H and O–H groups in total. The zero-order valence-electron chi connectivity index (χ0n) is 17.2. The fourth-order valence-electron chi connectivity index (χ4n) is 3.55. The minimum absolute atomic E-state index is 0.231. The molecule has 0 atom stereocenters. The second kappa shape index (κ2) is 14.0. The molecule has 0 saturated heterocycles. The molecule has 0 unspecified atom stereocenters. The summed E-state index contributed by atoms with van der Waals surface area (Å²) in [5, 5.41) is 5.67. The van der Waals surface area contributed by atoms with Gasteiger partial charge in [0.1, 0.15) is 0 Å². The van der Waals surface area contributed by atoms with Gasteiger partial charge in [-0.15, -0.1) is 0 Å². The number of rotatable bonds is 7. The first-order valence-electron chi connectivity index (χ1n) is 9.96. The molecule has 0 aromatic heterocycles. The molecule has 4 aromatic carbocycles. The monoisotopic (exact) mass is 537 g/mol. The molecule has 0 aliphatic rings. The zero-order chi connectivity index (χ0) is 22.6. The van der Waals surface area contributed by atoms with Crippen LogP contribution in [0.2, 0.25) is 0 Å². The molecule has 0 nitrogen and oxygen atoms in total. The Kier molecular flexibility index (Phi) is 11.0. The molecule has 0 aliphatic carbocycles. The molecule has 0 spiro atoms. The van der Waals surface area contributed by atoms with E-state index in [9.17, 15) is 0 Å². The minimum atomic E-state index is -0.653. The molecular formula is C27H23Cl2NiP2. The van der Waals surface area contributed by atoms with Gasteiger partial charge in [-0.05, 0) is 37.1 Å². The Morgan fingerprint density at radius 1 is 0.531 bits per heavy atom. The molecule has 0 heterocycles. The van der Waals surface area contributed by atoms with E-state index >= 15 is 0 Å². The van der Waals surface area contributed by atoms with Crippen LogP contribution in [0.3, 0.4) is 0 Å². The third-order valence-corrected chi connectivity index (χ3v) is 11.0. The van der Waals surface area contributed by atoms with E-state index in [-0.39, 0.29) is 5.40 Å². The van der Waals surface area contributed by atoms with Crippen LogP contribution in [-0.2, 0) is 12.7 Å². The number of hydrogen-bond donors (Lipinski definition) is 0. The quantitative estimate of drug-likeness (QED) is 0.136. The van der Waals surface area contributed by atoms with E-state index in [0.717, 1.165) is 0 Å². The molecule has 32 heavy (non-hydrogen) atoms. The first kappa shape index (κ1) is 25.2. The van der Waals surface area contributed by atoms with Gasteiger partial charge in [0.15, 0.2) is 0 Å². The predicted molar refractivity (Wildman–Crippen MR) is 143 cm³/mol. The summed E-state index contributed by atoms with van der Waals surface area (Å²) in [7, 11) is 8.10. The number of benzene rings is 4. The SMILES string of the molecule is [CH-]=CC(P(c1ccccc1)c1ccccc1)P(c1ccccc1)c1ccccc1.[Cl][Ni+][Cl]. The molecule has 0 fully saturated rings. The van der Waals surface area contributed by atoms with Gasteiger partial charge in [0.2, 0.25) is 0 Å². The van der Waals surface area contributed by atoms with Gasteiger partial charge in [-0.3, -0.25) is 6.08 Å². The molecule has 0 bridgehead atoms. The van der Waals surface area contributed by atoms with Crippen molar-refractivity contribution in [1.82, 2.24) is 0 Å². The van der Waals surface area contributed by atoms with E-state index in [1.54, 1.807) is 0 Å². The van der Waals surface area contributed by atoms with Crippen LogP contribution in [-0.4, -0.2) is 5.40 Å². The van der Waals surface area contributed by atoms with Crippen molar-refractivity contribution in [3.8, 4) is 0 Å². The van der Waals surface area contributed by atoms with Gasteiger partial charge in [0, 0.05) is 5.40 Å². The van der Waals surface area contributed by atoms with Gasteiger partial charge in [0.05, 0.1) is 0 Å². The predicted octanol–water partition coefficient (Wildman–Crippen LogP) is 6.94. The van der Waals surface area contributed by atoms with Gasteiger partial charge in [0.25, 0.3) is 0 Å². The summed E-state index contributed by atoms with van der Waals surface area (Å²) in [6, 6.07) is 43.4. The Hall–Kier alpha value is -1.45. The van der Waals surface area contributed by atoms with Crippen LogP contribution < -0.4 is 21.2 Å². The van der Waals surface area contributed by atoms with Crippen molar-refractivity contribution < 1.29 is 12.7 Å². The van der Waals surface area contributed by atoms with Crippen LogP contribution in [0.5, 0.6) is 0 Å². The molecule has 165 valence electrons. The molecule has 4 aromatic rings. The topological polar surface area (TPSA) is 0 Å². The third-order valence-electron chi connectivity index (χ3n) is 4.84.